The first kappa shape index (κ1) is 23.5. The van der Waals surface area contributed by atoms with Crippen molar-refractivity contribution in [3.8, 4) is 11.9 Å². The second kappa shape index (κ2) is 8.88. The van der Waals surface area contributed by atoms with Crippen molar-refractivity contribution < 1.29 is 18.3 Å². The molecule has 36 heavy (non-hydrogen) atoms. The van der Waals surface area contributed by atoms with Crippen LogP contribution < -0.4 is 14.4 Å². The fraction of sp³-hybridized carbons (Fsp3) is 0.542. The minimum Gasteiger partial charge on any atom is -0.475 e. The van der Waals surface area contributed by atoms with Crippen LogP contribution in [0.1, 0.15) is 43.6 Å². The van der Waals surface area contributed by atoms with E-state index in [-0.39, 0.29) is 41.8 Å². The average molecular weight is 518 g/mol. The first-order valence-electron chi connectivity index (χ1n) is 12.1. The van der Waals surface area contributed by atoms with E-state index in [2.05, 4.69) is 24.8 Å². The average Bonchev–Trinajstić information content (AvgIpc) is 3.32. The molecule has 0 radical (unpaired) electrons. The molecule has 3 atom stereocenters. The molecule has 6 rings (SSSR count). The minimum absolute atomic E-state index is 0.00289. The Balaban J connectivity index is 1.44. The molecule has 3 aromatic heterocycles. The van der Waals surface area contributed by atoms with E-state index in [4.69, 9.17) is 26.1 Å². The van der Waals surface area contributed by atoms with Gasteiger partial charge in [0.25, 0.3) is 0 Å². The fourth-order valence-corrected chi connectivity index (χ4v) is 5.97. The normalized spacial score (nSPS) is 24.5. The standard InChI is InChI=1S/C24H26ClF2N7O2/c1-13-18(29-6-5-28-13)14(2)34-8-9-35-22-16-19(17(27)20(25)31-22)30-23(32-21(16)34)36-12-24-4-3-7-33(24)11-15(26)10-24/h5-6,14-15H,3-4,7-12H2,1-2H3/t14-,15-,24+/m1/s1. The summed E-state index contributed by atoms with van der Waals surface area (Å²) in [7, 11) is 0. The number of ether oxygens (including phenoxy) is 2. The summed E-state index contributed by atoms with van der Waals surface area (Å²) in [5, 5.41) is -0.0171. The summed E-state index contributed by atoms with van der Waals surface area (Å²) >= 11 is 6.09. The van der Waals surface area contributed by atoms with E-state index in [1.807, 2.05) is 18.7 Å². The molecule has 0 amide bonds. The van der Waals surface area contributed by atoms with E-state index in [9.17, 15) is 4.39 Å². The number of fused-ring (bicyclic) bond motifs is 1. The molecule has 3 aliphatic heterocycles. The topological polar surface area (TPSA) is 89.4 Å². The van der Waals surface area contributed by atoms with Gasteiger partial charge in [-0.05, 0) is 33.2 Å². The van der Waals surface area contributed by atoms with Crippen molar-refractivity contribution in [1.82, 2.24) is 29.8 Å². The Morgan fingerprint density at radius 2 is 2.08 bits per heavy atom. The highest BCUT2D eigenvalue weighted by molar-refractivity contribution is 6.30. The van der Waals surface area contributed by atoms with Crippen molar-refractivity contribution in [3.63, 3.8) is 0 Å². The van der Waals surface area contributed by atoms with Gasteiger partial charge in [0.15, 0.2) is 11.0 Å². The molecule has 0 bridgehead atoms. The molecule has 3 aromatic rings. The summed E-state index contributed by atoms with van der Waals surface area (Å²) < 4.78 is 41.4. The molecule has 9 nitrogen and oxygen atoms in total. The van der Waals surface area contributed by atoms with Crippen LogP contribution in [0.15, 0.2) is 12.4 Å². The van der Waals surface area contributed by atoms with Gasteiger partial charge in [0.2, 0.25) is 5.88 Å². The molecule has 2 saturated heterocycles. The lowest BCUT2D eigenvalue weighted by Gasteiger charge is -2.31. The summed E-state index contributed by atoms with van der Waals surface area (Å²) in [6.07, 6.45) is 4.62. The Morgan fingerprint density at radius 1 is 1.25 bits per heavy atom. The van der Waals surface area contributed by atoms with Crippen LogP contribution in [0.3, 0.4) is 0 Å². The van der Waals surface area contributed by atoms with Crippen LogP contribution in [0.2, 0.25) is 5.15 Å². The Labute approximate surface area is 211 Å². The number of hydrogen-bond acceptors (Lipinski definition) is 9. The molecule has 3 aliphatic rings. The number of rotatable bonds is 5. The van der Waals surface area contributed by atoms with E-state index in [1.54, 1.807) is 12.4 Å². The van der Waals surface area contributed by atoms with Crippen LogP contribution in [-0.4, -0.2) is 74.4 Å². The summed E-state index contributed by atoms with van der Waals surface area (Å²) in [5.41, 5.74) is 1.12. The molecule has 0 aromatic carbocycles. The lowest BCUT2D eigenvalue weighted by molar-refractivity contribution is 0.107. The molecule has 0 aliphatic carbocycles. The maximum Gasteiger partial charge on any atom is 0.319 e. The van der Waals surface area contributed by atoms with Crippen molar-refractivity contribution in [3.05, 3.63) is 34.8 Å². The van der Waals surface area contributed by atoms with E-state index in [0.29, 0.717) is 30.7 Å². The first-order chi connectivity index (χ1) is 17.4. The highest BCUT2D eigenvalue weighted by atomic mass is 35.5. The quantitative estimate of drug-likeness (QED) is 0.468. The molecule has 12 heteroatoms. The summed E-state index contributed by atoms with van der Waals surface area (Å²) in [6.45, 7) is 6.04. The molecule has 0 spiro atoms. The number of aromatic nitrogens is 5. The largest absolute Gasteiger partial charge is 0.475 e. The van der Waals surface area contributed by atoms with E-state index >= 15 is 4.39 Å². The van der Waals surface area contributed by atoms with Gasteiger partial charge in [0.05, 0.1) is 29.5 Å². The summed E-state index contributed by atoms with van der Waals surface area (Å²) in [5.74, 6) is -0.193. The highest BCUT2D eigenvalue weighted by Gasteiger charge is 2.49. The van der Waals surface area contributed by atoms with Gasteiger partial charge in [-0.2, -0.15) is 15.0 Å². The van der Waals surface area contributed by atoms with Crippen LogP contribution >= 0.6 is 11.6 Å². The second-order valence-corrected chi connectivity index (χ2v) is 10.0. The molecule has 2 fully saturated rings. The van der Waals surface area contributed by atoms with Gasteiger partial charge in [0.1, 0.15) is 36.1 Å². The van der Waals surface area contributed by atoms with Crippen molar-refractivity contribution in [2.24, 2.45) is 0 Å². The van der Waals surface area contributed by atoms with Crippen LogP contribution in [0.5, 0.6) is 11.9 Å². The van der Waals surface area contributed by atoms with E-state index in [1.165, 1.54) is 0 Å². The van der Waals surface area contributed by atoms with E-state index < -0.39 is 17.5 Å². The van der Waals surface area contributed by atoms with Gasteiger partial charge >= 0.3 is 6.01 Å². The van der Waals surface area contributed by atoms with E-state index in [0.717, 1.165) is 30.8 Å². The van der Waals surface area contributed by atoms with Gasteiger partial charge in [0, 0.05) is 25.4 Å². The Kier molecular flexibility index (Phi) is 5.79. The van der Waals surface area contributed by atoms with Crippen LogP contribution in [0, 0.1) is 12.7 Å². The third-order valence-electron chi connectivity index (χ3n) is 7.53. The molecule has 0 unspecified atom stereocenters. The zero-order valence-electron chi connectivity index (χ0n) is 20.0. The summed E-state index contributed by atoms with van der Waals surface area (Å²) in [4.78, 5) is 26.2. The number of anilines is 1. The number of pyridine rings is 1. The Bertz CT molecular complexity index is 1330. The molecule has 0 N–H and O–H groups in total. The fourth-order valence-electron chi connectivity index (χ4n) is 5.80. The number of hydrogen-bond donors (Lipinski definition) is 0. The van der Waals surface area contributed by atoms with Gasteiger partial charge < -0.3 is 14.4 Å². The van der Waals surface area contributed by atoms with Gasteiger partial charge in [-0.25, -0.2) is 8.78 Å². The number of aryl methyl sites for hydroxylation is 1. The van der Waals surface area contributed by atoms with Crippen LogP contribution in [0.25, 0.3) is 10.9 Å². The Morgan fingerprint density at radius 3 is 2.92 bits per heavy atom. The molecular formula is C24H26ClF2N7O2. The Hall–Kier alpha value is -2.92. The predicted octanol–water partition coefficient (Wildman–Crippen LogP) is 3.83. The third-order valence-corrected chi connectivity index (χ3v) is 7.78. The third kappa shape index (κ3) is 3.80. The van der Waals surface area contributed by atoms with Crippen molar-refractivity contribution >= 4 is 28.3 Å². The lowest BCUT2D eigenvalue weighted by atomic mass is 9.95. The molecule has 190 valence electrons. The highest BCUT2D eigenvalue weighted by Crippen LogP contribution is 2.42. The smallest absolute Gasteiger partial charge is 0.319 e. The van der Waals surface area contributed by atoms with Gasteiger partial charge in [-0.1, -0.05) is 11.6 Å². The maximum atomic E-state index is 15.3. The SMILES string of the molecule is Cc1nccnc1[C@@H](C)N1CCOc2nc(Cl)c(F)c3nc(OC[C@@]45CCCN4C[C@H](F)C5)nc1c23. The van der Waals surface area contributed by atoms with Crippen molar-refractivity contribution in [2.75, 3.05) is 37.7 Å². The predicted molar refractivity (Wildman–Crippen MR) is 129 cm³/mol. The molecule has 6 heterocycles. The number of alkyl halides is 1. The zero-order valence-corrected chi connectivity index (χ0v) is 20.8. The van der Waals surface area contributed by atoms with Gasteiger partial charge in [-0.3, -0.25) is 14.9 Å². The maximum absolute atomic E-state index is 15.3. The molecule has 0 saturated carbocycles. The number of halogens is 3. The van der Waals surface area contributed by atoms with Crippen LogP contribution in [0.4, 0.5) is 14.6 Å². The lowest BCUT2D eigenvalue weighted by Crippen LogP contribution is -2.43. The van der Waals surface area contributed by atoms with Crippen molar-refractivity contribution in [1.29, 1.82) is 0 Å². The monoisotopic (exact) mass is 517 g/mol. The minimum atomic E-state index is -0.885. The zero-order chi connectivity index (χ0) is 25.0. The first-order valence-corrected chi connectivity index (χ1v) is 12.5. The second-order valence-electron chi connectivity index (χ2n) is 9.68. The van der Waals surface area contributed by atoms with Gasteiger partial charge in [-0.15, -0.1) is 0 Å². The number of nitrogens with zero attached hydrogens (tertiary/aromatic N) is 7. The summed E-state index contributed by atoms with van der Waals surface area (Å²) in [6, 6.07) is -0.257. The van der Waals surface area contributed by atoms with Crippen molar-refractivity contribution in [2.45, 2.75) is 50.9 Å². The van der Waals surface area contributed by atoms with Crippen LogP contribution in [-0.2, 0) is 0 Å². The molecular weight excluding hydrogens is 492 g/mol.